The van der Waals surface area contributed by atoms with Crippen LogP contribution < -0.4 is 10.6 Å². The molecule has 4 heteroatoms. The summed E-state index contributed by atoms with van der Waals surface area (Å²) in [7, 11) is 0. The molecule has 0 atom stereocenters. The number of hydrogen-bond donors (Lipinski definition) is 2. The van der Waals surface area contributed by atoms with E-state index < -0.39 is 5.54 Å². The van der Waals surface area contributed by atoms with E-state index in [-0.39, 0.29) is 5.91 Å². The van der Waals surface area contributed by atoms with Gasteiger partial charge in [-0.1, -0.05) is 43.0 Å². The number of rotatable bonds is 6. The van der Waals surface area contributed by atoms with Crippen LogP contribution in [0, 0.1) is 13.8 Å². The molecule has 0 saturated heterocycles. The van der Waals surface area contributed by atoms with E-state index in [4.69, 9.17) is 0 Å². The fourth-order valence-electron chi connectivity index (χ4n) is 3.72. The van der Waals surface area contributed by atoms with E-state index in [1.54, 1.807) is 0 Å². The highest BCUT2D eigenvalue weighted by Gasteiger charge is 2.39. The van der Waals surface area contributed by atoms with Crippen molar-refractivity contribution in [2.75, 3.05) is 11.9 Å². The van der Waals surface area contributed by atoms with Crippen molar-refractivity contribution >= 4 is 11.6 Å². The third kappa shape index (κ3) is 4.43. The molecule has 2 aromatic rings. The molecule has 1 aliphatic rings. The maximum absolute atomic E-state index is 13.1. The molecule has 0 bridgehead atoms. The van der Waals surface area contributed by atoms with Gasteiger partial charge in [0, 0.05) is 30.5 Å². The lowest BCUT2D eigenvalue weighted by Gasteiger charge is -2.37. The summed E-state index contributed by atoms with van der Waals surface area (Å²) >= 11 is 0. The second kappa shape index (κ2) is 8.35. The van der Waals surface area contributed by atoms with E-state index in [1.165, 1.54) is 17.5 Å². The number of aryl methyl sites for hydroxylation is 2. The SMILES string of the molecule is Cc1ccc(NC2(C(=O)NCCc3ncccc3C)CCCCC2)cc1. The van der Waals surface area contributed by atoms with Crippen LogP contribution in [0.2, 0.25) is 0 Å². The molecule has 0 aliphatic heterocycles. The number of anilines is 1. The molecule has 26 heavy (non-hydrogen) atoms. The highest BCUT2D eigenvalue weighted by atomic mass is 16.2. The standard InChI is InChI=1S/C22H29N3O/c1-17-8-10-19(11-9-17)25-22(13-4-3-5-14-22)21(26)24-16-12-20-18(2)7-6-15-23-20/h6-11,15,25H,3-5,12-14,16H2,1-2H3,(H,24,26). The summed E-state index contributed by atoms with van der Waals surface area (Å²) in [6, 6.07) is 12.3. The fraction of sp³-hybridized carbons (Fsp3) is 0.455. The van der Waals surface area contributed by atoms with E-state index in [9.17, 15) is 4.79 Å². The number of aromatic nitrogens is 1. The Morgan fingerprint density at radius 2 is 1.81 bits per heavy atom. The van der Waals surface area contributed by atoms with Crippen molar-refractivity contribution in [3.8, 4) is 0 Å². The smallest absolute Gasteiger partial charge is 0.245 e. The largest absolute Gasteiger partial charge is 0.371 e. The first kappa shape index (κ1) is 18.4. The van der Waals surface area contributed by atoms with Gasteiger partial charge in [0.05, 0.1) is 0 Å². The number of carbonyl (C=O) groups excluding carboxylic acids is 1. The molecule has 1 heterocycles. The van der Waals surface area contributed by atoms with Crippen LogP contribution in [0.4, 0.5) is 5.69 Å². The first-order valence-corrected chi connectivity index (χ1v) is 9.63. The third-order valence-electron chi connectivity index (χ3n) is 5.34. The van der Waals surface area contributed by atoms with Crippen molar-refractivity contribution in [3.05, 3.63) is 59.4 Å². The predicted molar refractivity (Wildman–Crippen MR) is 106 cm³/mol. The molecule has 3 rings (SSSR count). The van der Waals surface area contributed by atoms with E-state index in [0.29, 0.717) is 6.54 Å². The van der Waals surface area contributed by atoms with Crippen molar-refractivity contribution in [2.24, 2.45) is 0 Å². The maximum Gasteiger partial charge on any atom is 0.245 e. The molecule has 0 unspecified atom stereocenters. The summed E-state index contributed by atoms with van der Waals surface area (Å²) in [6.45, 7) is 4.76. The summed E-state index contributed by atoms with van der Waals surface area (Å²) < 4.78 is 0. The summed E-state index contributed by atoms with van der Waals surface area (Å²) in [5, 5.41) is 6.71. The number of pyridine rings is 1. The van der Waals surface area contributed by atoms with Crippen molar-refractivity contribution in [3.63, 3.8) is 0 Å². The van der Waals surface area contributed by atoms with Crippen molar-refractivity contribution in [1.29, 1.82) is 0 Å². The zero-order valence-electron chi connectivity index (χ0n) is 15.8. The Balaban J connectivity index is 1.65. The molecule has 1 saturated carbocycles. The van der Waals surface area contributed by atoms with Crippen LogP contribution in [0.5, 0.6) is 0 Å². The lowest BCUT2D eigenvalue weighted by Crippen LogP contribution is -2.54. The van der Waals surface area contributed by atoms with Gasteiger partial charge in [-0.15, -0.1) is 0 Å². The Morgan fingerprint density at radius 1 is 1.08 bits per heavy atom. The molecule has 1 aromatic carbocycles. The molecule has 1 aromatic heterocycles. The molecule has 0 spiro atoms. The molecular formula is C22H29N3O. The lowest BCUT2D eigenvalue weighted by molar-refractivity contribution is -0.126. The minimum absolute atomic E-state index is 0.117. The zero-order valence-corrected chi connectivity index (χ0v) is 15.8. The number of nitrogens with zero attached hydrogens (tertiary/aromatic N) is 1. The van der Waals surface area contributed by atoms with E-state index in [2.05, 4.69) is 59.8 Å². The number of nitrogens with one attached hydrogen (secondary N) is 2. The van der Waals surface area contributed by atoms with E-state index in [0.717, 1.165) is 43.5 Å². The van der Waals surface area contributed by atoms with Crippen molar-refractivity contribution in [2.45, 2.75) is 57.9 Å². The van der Waals surface area contributed by atoms with Crippen LogP contribution in [0.25, 0.3) is 0 Å². The molecule has 4 nitrogen and oxygen atoms in total. The lowest BCUT2D eigenvalue weighted by atomic mass is 9.80. The van der Waals surface area contributed by atoms with Crippen LogP contribution in [-0.4, -0.2) is 23.0 Å². The molecule has 1 amide bonds. The molecule has 1 fully saturated rings. The van der Waals surface area contributed by atoms with Gasteiger partial charge in [0.1, 0.15) is 5.54 Å². The highest BCUT2D eigenvalue weighted by molar-refractivity contribution is 5.89. The summed E-state index contributed by atoms with van der Waals surface area (Å²) in [6.07, 6.45) is 7.73. The summed E-state index contributed by atoms with van der Waals surface area (Å²) in [5.41, 5.74) is 3.98. The number of hydrogen-bond acceptors (Lipinski definition) is 3. The van der Waals surface area contributed by atoms with Gasteiger partial charge in [0.2, 0.25) is 5.91 Å². The number of carbonyl (C=O) groups is 1. The summed E-state index contributed by atoms with van der Waals surface area (Å²) in [5.74, 6) is 0.117. The monoisotopic (exact) mass is 351 g/mol. The Morgan fingerprint density at radius 3 is 2.50 bits per heavy atom. The first-order chi connectivity index (χ1) is 12.6. The minimum atomic E-state index is -0.493. The van der Waals surface area contributed by atoms with Crippen LogP contribution in [0.3, 0.4) is 0 Å². The zero-order chi connectivity index (χ0) is 18.4. The average Bonchev–Trinajstić information content (AvgIpc) is 2.66. The second-order valence-corrected chi connectivity index (χ2v) is 7.41. The average molecular weight is 351 g/mol. The van der Waals surface area contributed by atoms with Crippen LogP contribution in [-0.2, 0) is 11.2 Å². The van der Waals surface area contributed by atoms with Gasteiger partial charge in [-0.25, -0.2) is 0 Å². The molecule has 2 N–H and O–H groups in total. The van der Waals surface area contributed by atoms with Crippen molar-refractivity contribution in [1.82, 2.24) is 10.3 Å². The predicted octanol–water partition coefficient (Wildman–Crippen LogP) is 4.17. The topological polar surface area (TPSA) is 54.0 Å². The Bertz CT molecular complexity index is 733. The second-order valence-electron chi connectivity index (χ2n) is 7.41. The fourth-order valence-corrected chi connectivity index (χ4v) is 3.72. The van der Waals surface area contributed by atoms with Crippen molar-refractivity contribution < 1.29 is 4.79 Å². The molecule has 0 radical (unpaired) electrons. The van der Waals surface area contributed by atoms with Crippen LogP contribution >= 0.6 is 0 Å². The highest BCUT2D eigenvalue weighted by Crippen LogP contribution is 2.32. The van der Waals surface area contributed by atoms with Gasteiger partial charge in [-0.3, -0.25) is 9.78 Å². The van der Waals surface area contributed by atoms with E-state index >= 15 is 0 Å². The number of benzene rings is 1. The Kier molecular flexibility index (Phi) is 5.92. The quantitative estimate of drug-likeness (QED) is 0.821. The van der Waals surface area contributed by atoms with Gasteiger partial charge in [-0.2, -0.15) is 0 Å². The normalized spacial score (nSPS) is 16.1. The molecular weight excluding hydrogens is 322 g/mol. The van der Waals surface area contributed by atoms with Gasteiger partial charge < -0.3 is 10.6 Å². The van der Waals surface area contributed by atoms with Gasteiger partial charge in [0.25, 0.3) is 0 Å². The van der Waals surface area contributed by atoms with Gasteiger partial charge in [-0.05, 0) is 50.5 Å². The minimum Gasteiger partial charge on any atom is -0.371 e. The summed E-state index contributed by atoms with van der Waals surface area (Å²) in [4.78, 5) is 17.5. The third-order valence-corrected chi connectivity index (χ3v) is 5.34. The van der Waals surface area contributed by atoms with Crippen LogP contribution in [0.15, 0.2) is 42.6 Å². The molecule has 1 aliphatic carbocycles. The van der Waals surface area contributed by atoms with Gasteiger partial charge >= 0.3 is 0 Å². The Labute approximate surface area is 156 Å². The molecule has 138 valence electrons. The Hall–Kier alpha value is -2.36. The van der Waals surface area contributed by atoms with Crippen LogP contribution in [0.1, 0.15) is 48.9 Å². The first-order valence-electron chi connectivity index (χ1n) is 9.63. The van der Waals surface area contributed by atoms with E-state index in [1.807, 2.05) is 12.3 Å². The maximum atomic E-state index is 13.1. The number of amides is 1. The van der Waals surface area contributed by atoms with Gasteiger partial charge in [0.15, 0.2) is 0 Å².